The number of nitrogens with one attached hydrogen (secondary N) is 2. The number of benzene rings is 2. The standard InChI is InChI=1S/2C12H13N4O2S.2C5H6N2/c2*1-8-7-9(2)15-12(14-8)16-19(17,18)11-5-3-10(13)4-6-11;2*6-5-1-3-7-4-2-5/h2*3-7H,13H2,1-2H3;2*1-4H,(H2,6,7)/q2*-1;;/p+2. The number of anilines is 4. The Labute approximate surface area is 302 Å². The largest absolute Gasteiger partial charge is 0.399 e. The number of aryl methyl sites for hydroxylation is 4. The van der Waals surface area contributed by atoms with Crippen LogP contribution >= 0.6 is 0 Å². The van der Waals surface area contributed by atoms with Gasteiger partial charge < -0.3 is 42.9 Å². The highest BCUT2D eigenvalue weighted by molar-refractivity contribution is 7.94. The summed E-state index contributed by atoms with van der Waals surface area (Å²) in [5.74, 6) is -0.122. The lowest BCUT2D eigenvalue weighted by molar-refractivity contribution is -0.378. The summed E-state index contributed by atoms with van der Waals surface area (Å²) in [6.45, 7) is 7.01. The summed E-state index contributed by atoms with van der Waals surface area (Å²) in [4.78, 5) is 21.7. The van der Waals surface area contributed by atoms with Crippen LogP contribution in [0.1, 0.15) is 22.8 Å². The fourth-order valence-corrected chi connectivity index (χ4v) is 5.66. The number of nitrogen functional groups attached to an aromatic ring is 4. The molecule has 52 heavy (non-hydrogen) atoms. The third kappa shape index (κ3) is 13.8. The van der Waals surface area contributed by atoms with Crippen LogP contribution in [-0.2, 0) is 20.0 Å². The number of pyridine rings is 2. The Morgan fingerprint density at radius 3 is 0.923 bits per heavy atom. The summed E-state index contributed by atoms with van der Waals surface area (Å²) < 4.78 is 55.4. The Bertz CT molecular complexity index is 2040. The molecule has 10 N–H and O–H groups in total. The lowest BCUT2D eigenvalue weighted by Gasteiger charge is -2.15. The van der Waals surface area contributed by atoms with E-state index in [1.165, 1.54) is 48.5 Å². The molecule has 6 aromatic rings. The monoisotopic (exact) mass is 744 g/mol. The second kappa shape index (κ2) is 18.6. The molecule has 0 saturated heterocycles. The molecule has 272 valence electrons. The van der Waals surface area contributed by atoms with Gasteiger partial charge in [0, 0.05) is 58.9 Å². The third-order valence-electron chi connectivity index (χ3n) is 6.19. The van der Waals surface area contributed by atoms with Crippen LogP contribution in [0, 0.1) is 27.7 Å². The Kier molecular flexibility index (Phi) is 14.3. The van der Waals surface area contributed by atoms with E-state index in [0.29, 0.717) is 34.2 Å². The van der Waals surface area contributed by atoms with E-state index in [1.807, 2.05) is 0 Å². The van der Waals surface area contributed by atoms with E-state index in [-0.39, 0.29) is 21.7 Å². The SMILES string of the molecule is Cc1cc(C)nc([N-]S(=O)(=O)c2ccc(N)cc2)n1.Cc1cc(C)nc([N-]S(=O)(=O)c2ccc(N)cc2)n1.Nc1cc[nH+]cc1.Nc1cc[nH+]cc1. The first-order valence-electron chi connectivity index (χ1n) is 15.3. The van der Waals surface area contributed by atoms with Gasteiger partial charge in [-0.2, -0.15) is 0 Å². The van der Waals surface area contributed by atoms with Crippen LogP contribution in [-0.4, -0.2) is 36.8 Å². The molecule has 0 saturated carbocycles. The van der Waals surface area contributed by atoms with Gasteiger partial charge in [-0.1, -0.05) is 12.1 Å². The van der Waals surface area contributed by atoms with Gasteiger partial charge in [-0.3, -0.25) is 9.44 Å². The highest BCUT2D eigenvalue weighted by Gasteiger charge is 2.12. The third-order valence-corrected chi connectivity index (χ3v) is 8.73. The van der Waals surface area contributed by atoms with Gasteiger partial charge in [-0.05, 0) is 99.0 Å². The molecule has 0 bridgehead atoms. The first kappa shape index (κ1) is 40.0. The summed E-state index contributed by atoms with van der Waals surface area (Å²) in [7, 11) is -7.64. The zero-order valence-corrected chi connectivity index (χ0v) is 30.5. The Morgan fingerprint density at radius 1 is 0.442 bits per heavy atom. The van der Waals surface area contributed by atoms with Gasteiger partial charge in [-0.15, -0.1) is 0 Å². The number of aromatic nitrogens is 6. The van der Waals surface area contributed by atoms with E-state index in [1.54, 1.807) is 88.9 Å². The number of aromatic amines is 2. The molecule has 0 aliphatic carbocycles. The molecule has 0 radical (unpaired) electrons. The van der Waals surface area contributed by atoms with Crippen molar-refractivity contribution in [2.45, 2.75) is 37.5 Å². The number of rotatable bonds is 6. The van der Waals surface area contributed by atoms with Crippen molar-refractivity contribution in [2.75, 3.05) is 22.9 Å². The maximum Gasteiger partial charge on any atom is 0.229 e. The van der Waals surface area contributed by atoms with Crippen molar-refractivity contribution >= 4 is 54.7 Å². The predicted octanol–water partition coefficient (Wildman–Crippen LogP) is 4.31. The molecule has 0 atom stereocenters. The zero-order valence-electron chi connectivity index (χ0n) is 28.8. The lowest BCUT2D eigenvalue weighted by atomic mass is 10.3. The van der Waals surface area contributed by atoms with Gasteiger partial charge in [0.1, 0.15) is 0 Å². The molecule has 16 nitrogen and oxygen atoms in total. The minimum absolute atomic E-state index is 0.0597. The second-order valence-corrected chi connectivity index (χ2v) is 14.0. The van der Waals surface area contributed by atoms with E-state index in [2.05, 4.69) is 39.3 Å². The molecule has 0 amide bonds. The summed E-state index contributed by atoms with van der Waals surface area (Å²) in [6.07, 6.45) is 7.15. The van der Waals surface area contributed by atoms with Gasteiger partial charge in [0.05, 0.1) is 9.79 Å². The molecular weight excluding hydrogens is 705 g/mol. The molecule has 6 rings (SSSR count). The summed E-state index contributed by atoms with van der Waals surface area (Å²) >= 11 is 0. The Morgan fingerprint density at radius 2 is 0.692 bits per heavy atom. The molecule has 4 aromatic heterocycles. The van der Waals surface area contributed by atoms with Crippen molar-refractivity contribution in [2.24, 2.45) is 0 Å². The minimum atomic E-state index is -3.82. The highest BCUT2D eigenvalue weighted by atomic mass is 32.2. The highest BCUT2D eigenvalue weighted by Crippen LogP contribution is 2.26. The number of nitrogens with two attached hydrogens (primary N) is 4. The van der Waals surface area contributed by atoms with Crippen molar-refractivity contribution in [3.8, 4) is 0 Å². The molecule has 0 unspecified atom stereocenters. The fraction of sp³-hybridized carbons (Fsp3) is 0.118. The fourth-order valence-electron chi connectivity index (χ4n) is 3.90. The van der Waals surface area contributed by atoms with Crippen molar-refractivity contribution in [3.63, 3.8) is 0 Å². The van der Waals surface area contributed by atoms with Crippen molar-refractivity contribution in [1.82, 2.24) is 19.9 Å². The van der Waals surface area contributed by atoms with Crippen LogP contribution in [0.15, 0.2) is 120 Å². The van der Waals surface area contributed by atoms with E-state index in [0.717, 1.165) is 11.4 Å². The molecule has 2 aromatic carbocycles. The number of hydrogen-bond donors (Lipinski definition) is 4. The topological polar surface area (TPSA) is 280 Å². The molecule has 0 aliphatic rings. The van der Waals surface area contributed by atoms with Crippen LogP contribution in [0.2, 0.25) is 0 Å². The number of H-pyrrole nitrogens is 2. The van der Waals surface area contributed by atoms with Crippen molar-refractivity contribution < 1.29 is 26.8 Å². The molecular formula is C34H40N12O4S2. The minimum Gasteiger partial charge on any atom is -0.399 e. The van der Waals surface area contributed by atoms with Crippen molar-refractivity contribution in [1.29, 1.82) is 0 Å². The van der Waals surface area contributed by atoms with Crippen molar-refractivity contribution in [3.05, 3.63) is 142 Å². The van der Waals surface area contributed by atoms with Crippen LogP contribution < -0.4 is 32.9 Å². The smallest absolute Gasteiger partial charge is 0.229 e. The lowest BCUT2D eigenvalue weighted by Crippen LogP contribution is -2.01. The molecule has 4 heterocycles. The van der Waals surface area contributed by atoms with Crippen LogP contribution in [0.5, 0.6) is 0 Å². The average molecular weight is 745 g/mol. The van der Waals surface area contributed by atoms with Gasteiger partial charge in [0.25, 0.3) is 0 Å². The Hall–Kier alpha value is -6.40. The first-order valence-corrected chi connectivity index (χ1v) is 18.2. The van der Waals surface area contributed by atoms with Gasteiger partial charge in [0.2, 0.25) is 20.0 Å². The molecule has 0 spiro atoms. The zero-order chi connectivity index (χ0) is 38.3. The van der Waals surface area contributed by atoms with E-state index in [9.17, 15) is 16.8 Å². The quantitative estimate of drug-likeness (QED) is 0.174. The number of hydrogen-bond acceptors (Lipinski definition) is 12. The molecule has 0 fully saturated rings. The normalized spacial score (nSPS) is 10.5. The summed E-state index contributed by atoms with van der Waals surface area (Å²) in [5, 5.41) is 0. The number of nitrogens with zero attached hydrogens (tertiary/aromatic N) is 6. The average Bonchev–Trinajstić information content (AvgIpc) is 3.05. The summed E-state index contributed by atoms with van der Waals surface area (Å²) in [5.41, 5.74) is 26.9. The molecule has 0 aliphatic heterocycles. The Balaban J connectivity index is 0.000000206. The van der Waals surface area contributed by atoms with Crippen LogP contribution in [0.3, 0.4) is 0 Å². The predicted molar refractivity (Wildman–Crippen MR) is 200 cm³/mol. The van der Waals surface area contributed by atoms with E-state index < -0.39 is 20.0 Å². The van der Waals surface area contributed by atoms with E-state index in [4.69, 9.17) is 22.9 Å². The van der Waals surface area contributed by atoms with Gasteiger partial charge in [0.15, 0.2) is 24.8 Å². The van der Waals surface area contributed by atoms with E-state index >= 15 is 0 Å². The second-order valence-electron chi connectivity index (χ2n) is 10.8. The van der Waals surface area contributed by atoms with Gasteiger partial charge >= 0.3 is 0 Å². The molecule has 18 heteroatoms. The van der Waals surface area contributed by atoms with Gasteiger partial charge in [-0.25, -0.2) is 26.8 Å². The summed E-state index contributed by atoms with van der Waals surface area (Å²) in [6, 6.07) is 22.3. The first-order chi connectivity index (χ1) is 24.5. The van der Waals surface area contributed by atoms with Crippen LogP contribution in [0.25, 0.3) is 9.44 Å². The number of sulfonamides is 2. The van der Waals surface area contributed by atoms with Crippen LogP contribution in [0.4, 0.5) is 34.6 Å². The maximum absolute atomic E-state index is 12.0. The maximum atomic E-state index is 12.0.